The average molecular weight is 423 g/mol. The molecule has 9 nitrogen and oxygen atoms in total. The Morgan fingerprint density at radius 2 is 1.94 bits per heavy atom. The van der Waals surface area contributed by atoms with E-state index in [-0.39, 0.29) is 24.4 Å². The lowest BCUT2D eigenvalue weighted by molar-refractivity contribution is -0.122. The first-order valence-electron chi connectivity index (χ1n) is 9.91. The van der Waals surface area contributed by atoms with Gasteiger partial charge in [0.2, 0.25) is 5.95 Å². The molecule has 31 heavy (non-hydrogen) atoms. The van der Waals surface area contributed by atoms with E-state index in [2.05, 4.69) is 20.2 Å². The summed E-state index contributed by atoms with van der Waals surface area (Å²) in [4.78, 5) is 31.4. The van der Waals surface area contributed by atoms with Crippen molar-refractivity contribution in [1.82, 2.24) is 20.2 Å². The third-order valence-corrected chi connectivity index (χ3v) is 5.00. The van der Waals surface area contributed by atoms with Crippen LogP contribution in [0.1, 0.15) is 29.0 Å². The minimum absolute atomic E-state index is 0.0433. The van der Waals surface area contributed by atoms with Crippen molar-refractivity contribution in [2.45, 2.75) is 25.4 Å². The minimum atomic E-state index is -0.250. The molecular weight excluding hydrogens is 398 g/mol. The van der Waals surface area contributed by atoms with Crippen LogP contribution in [-0.2, 0) is 11.3 Å². The molecule has 1 amide bonds. The van der Waals surface area contributed by atoms with Crippen LogP contribution in [0.25, 0.3) is 11.3 Å². The predicted molar refractivity (Wildman–Crippen MR) is 115 cm³/mol. The molecule has 162 valence electrons. The van der Waals surface area contributed by atoms with Gasteiger partial charge in [0.15, 0.2) is 0 Å². The zero-order valence-electron chi connectivity index (χ0n) is 17.0. The number of anilines is 1. The fourth-order valence-electron chi connectivity index (χ4n) is 3.45. The molecule has 9 heteroatoms. The number of carboxylic acid groups (broad SMARTS) is 1. The number of nitrogens with zero attached hydrogens (tertiary/aromatic N) is 3. The molecule has 3 heterocycles. The number of furan rings is 1. The molecule has 1 aliphatic heterocycles. The maximum absolute atomic E-state index is 12.6. The minimum Gasteiger partial charge on any atom is -0.483 e. The SMILES string of the molecule is Nc1nccc(-c2ccc(C(=O)NC3CCN(Cc4ccco4)CC3)cc2)n1.O=CO. The lowest BCUT2D eigenvalue weighted by Gasteiger charge is -2.31. The second kappa shape index (κ2) is 10.9. The Labute approximate surface area is 179 Å². The number of hydrogen-bond acceptors (Lipinski definition) is 7. The van der Waals surface area contributed by atoms with Crippen LogP contribution < -0.4 is 11.1 Å². The van der Waals surface area contributed by atoms with Crippen molar-refractivity contribution in [3.8, 4) is 11.3 Å². The number of nitrogens with two attached hydrogens (primary N) is 1. The molecule has 1 fully saturated rings. The molecule has 1 aliphatic rings. The molecule has 0 atom stereocenters. The predicted octanol–water partition coefficient (Wildman–Crippen LogP) is 2.41. The fraction of sp³-hybridized carbons (Fsp3) is 0.273. The van der Waals surface area contributed by atoms with E-state index in [0.717, 1.165) is 49.5 Å². The van der Waals surface area contributed by atoms with Gasteiger partial charge in [-0.25, -0.2) is 9.97 Å². The van der Waals surface area contributed by atoms with E-state index >= 15 is 0 Å². The summed E-state index contributed by atoms with van der Waals surface area (Å²) in [5.41, 5.74) is 7.91. The van der Waals surface area contributed by atoms with Crippen molar-refractivity contribution in [3.05, 3.63) is 66.2 Å². The van der Waals surface area contributed by atoms with Crippen LogP contribution in [0.2, 0.25) is 0 Å². The summed E-state index contributed by atoms with van der Waals surface area (Å²) in [5.74, 6) is 1.17. The summed E-state index contributed by atoms with van der Waals surface area (Å²) >= 11 is 0. The topological polar surface area (TPSA) is 135 Å². The molecule has 0 saturated carbocycles. The molecule has 0 radical (unpaired) electrons. The highest BCUT2D eigenvalue weighted by Gasteiger charge is 2.21. The highest BCUT2D eigenvalue weighted by atomic mass is 16.3. The van der Waals surface area contributed by atoms with Gasteiger partial charge in [-0.05, 0) is 43.2 Å². The van der Waals surface area contributed by atoms with Crippen LogP contribution in [0.5, 0.6) is 0 Å². The third-order valence-electron chi connectivity index (χ3n) is 5.00. The van der Waals surface area contributed by atoms with Crippen molar-refractivity contribution >= 4 is 18.3 Å². The normalized spacial score (nSPS) is 14.3. The summed E-state index contributed by atoms with van der Waals surface area (Å²) in [6.07, 6.45) is 5.19. The Bertz CT molecular complexity index is 968. The standard InChI is InChI=1S/C21H23N5O2.CH2O2/c22-21-23-10-7-19(25-21)15-3-5-16(6-4-15)20(27)24-17-8-11-26(12-9-17)14-18-2-1-13-28-18;2-1-3/h1-7,10,13,17H,8-9,11-12,14H2,(H,24,27)(H2,22,23,25);1H,(H,2,3). The smallest absolute Gasteiger partial charge is 0.290 e. The van der Waals surface area contributed by atoms with Gasteiger partial charge >= 0.3 is 0 Å². The van der Waals surface area contributed by atoms with Gasteiger partial charge in [-0.3, -0.25) is 14.5 Å². The van der Waals surface area contributed by atoms with Crippen molar-refractivity contribution in [1.29, 1.82) is 0 Å². The van der Waals surface area contributed by atoms with E-state index in [9.17, 15) is 4.79 Å². The number of hydrogen-bond donors (Lipinski definition) is 3. The van der Waals surface area contributed by atoms with E-state index in [1.54, 1.807) is 18.5 Å². The second-order valence-electron chi connectivity index (χ2n) is 7.09. The van der Waals surface area contributed by atoms with Crippen molar-refractivity contribution in [2.24, 2.45) is 0 Å². The number of nitrogens with one attached hydrogen (secondary N) is 1. The molecular formula is C22H25N5O4. The van der Waals surface area contributed by atoms with Crippen molar-refractivity contribution in [3.63, 3.8) is 0 Å². The summed E-state index contributed by atoms with van der Waals surface area (Å²) in [6.45, 7) is 2.46. The van der Waals surface area contributed by atoms with Crippen molar-refractivity contribution < 1.29 is 19.1 Å². The summed E-state index contributed by atoms with van der Waals surface area (Å²) < 4.78 is 5.41. The van der Waals surface area contributed by atoms with Gasteiger partial charge in [0.25, 0.3) is 12.4 Å². The maximum atomic E-state index is 12.6. The molecule has 3 aromatic rings. The van der Waals surface area contributed by atoms with Crippen LogP contribution in [0.4, 0.5) is 5.95 Å². The Balaban J connectivity index is 0.000000858. The van der Waals surface area contributed by atoms with E-state index in [4.69, 9.17) is 20.1 Å². The number of piperidine rings is 1. The Morgan fingerprint density at radius 1 is 1.23 bits per heavy atom. The Morgan fingerprint density at radius 3 is 2.55 bits per heavy atom. The number of carbonyl (C=O) groups is 2. The van der Waals surface area contributed by atoms with Gasteiger partial charge in [0.1, 0.15) is 5.76 Å². The number of benzene rings is 1. The molecule has 0 aliphatic carbocycles. The van der Waals surface area contributed by atoms with Crippen LogP contribution in [0, 0.1) is 0 Å². The first-order chi connectivity index (χ1) is 15.1. The molecule has 0 spiro atoms. The first-order valence-corrected chi connectivity index (χ1v) is 9.91. The van der Waals surface area contributed by atoms with E-state index < -0.39 is 0 Å². The summed E-state index contributed by atoms with van der Waals surface area (Å²) in [5, 5.41) is 10.0. The van der Waals surface area contributed by atoms with Crippen molar-refractivity contribution in [2.75, 3.05) is 18.8 Å². The lowest BCUT2D eigenvalue weighted by Crippen LogP contribution is -2.44. The fourth-order valence-corrected chi connectivity index (χ4v) is 3.45. The van der Waals surface area contributed by atoms with Crippen LogP contribution >= 0.6 is 0 Å². The zero-order valence-corrected chi connectivity index (χ0v) is 17.0. The molecule has 4 rings (SSSR count). The van der Waals surface area contributed by atoms with Crippen LogP contribution in [0.15, 0.2) is 59.3 Å². The molecule has 1 aromatic carbocycles. The molecule has 1 saturated heterocycles. The Kier molecular flexibility index (Phi) is 7.72. The van der Waals surface area contributed by atoms with Gasteiger partial charge < -0.3 is 20.6 Å². The van der Waals surface area contributed by atoms with Gasteiger partial charge in [-0.2, -0.15) is 0 Å². The molecule has 4 N–H and O–H groups in total. The van der Waals surface area contributed by atoms with Gasteiger partial charge in [0, 0.05) is 36.5 Å². The largest absolute Gasteiger partial charge is 0.483 e. The average Bonchev–Trinajstić information content (AvgIpc) is 3.29. The summed E-state index contributed by atoms with van der Waals surface area (Å²) in [7, 11) is 0. The number of carbonyl (C=O) groups excluding carboxylic acids is 1. The highest BCUT2D eigenvalue weighted by molar-refractivity contribution is 5.94. The van der Waals surface area contributed by atoms with Crippen LogP contribution in [-0.4, -0.2) is 51.5 Å². The van der Waals surface area contributed by atoms with Gasteiger partial charge in [0.05, 0.1) is 18.5 Å². The third kappa shape index (κ3) is 6.38. The quantitative estimate of drug-likeness (QED) is 0.533. The van der Waals surface area contributed by atoms with Gasteiger partial charge in [-0.15, -0.1) is 0 Å². The monoisotopic (exact) mass is 423 g/mol. The van der Waals surface area contributed by atoms with E-state index in [1.807, 2.05) is 36.4 Å². The van der Waals surface area contributed by atoms with Gasteiger partial charge in [-0.1, -0.05) is 12.1 Å². The maximum Gasteiger partial charge on any atom is 0.290 e. The zero-order chi connectivity index (χ0) is 22.1. The molecule has 0 unspecified atom stereocenters. The lowest BCUT2D eigenvalue weighted by atomic mass is 10.0. The number of likely N-dealkylation sites (tertiary alicyclic amines) is 1. The highest BCUT2D eigenvalue weighted by Crippen LogP contribution is 2.19. The Hall–Kier alpha value is -3.72. The van der Waals surface area contributed by atoms with E-state index in [0.29, 0.717) is 5.56 Å². The molecule has 2 aromatic heterocycles. The first kappa shape index (κ1) is 22.0. The van der Waals surface area contributed by atoms with E-state index in [1.165, 1.54) is 0 Å². The second-order valence-corrected chi connectivity index (χ2v) is 7.09. The number of aromatic nitrogens is 2. The number of amides is 1. The van der Waals surface area contributed by atoms with Crippen LogP contribution in [0.3, 0.4) is 0 Å². The number of nitrogen functional groups attached to an aromatic ring is 1. The summed E-state index contributed by atoms with van der Waals surface area (Å²) in [6, 6.07) is 13.3. The number of rotatable bonds is 5. The molecule has 0 bridgehead atoms.